The molecular weight excluding hydrogens is 442 g/mol. The Kier molecular flexibility index (Phi) is 6.15. The van der Waals surface area contributed by atoms with Crippen molar-refractivity contribution in [3.63, 3.8) is 0 Å². The number of piperidine rings is 1. The predicted molar refractivity (Wildman–Crippen MR) is 125 cm³/mol. The molecule has 5 rings (SSSR count). The smallest absolute Gasteiger partial charge is 0.243 e. The number of aromatic nitrogens is 2. The van der Waals surface area contributed by atoms with Crippen LogP contribution >= 0.6 is 0 Å². The van der Waals surface area contributed by atoms with Gasteiger partial charge >= 0.3 is 0 Å². The summed E-state index contributed by atoms with van der Waals surface area (Å²) in [4.78, 5) is 9.08. The molecule has 0 bridgehead atoms. The minimum absolute atomic E-state index is 0.154. The lowest BCUT2D eigenvalue weighted by molar-refractivity contribution is 0.0730. The van der Waals surface area contributed by atoms with Crippen LogP contribution < -0.4 is 15.8 Å². The van der Waals surface area contributed by atoms with Crippen LogP contribution in [0.4, 0.5) is 5.95 Å². The quantitative estimate of drug-likeness (QED) is 0.583. The Hall–Kier alpha value is -2.79. The minimum atomic E-state index is -3.56. The van der Waals surface area contributed by atoms with E-state index < -0.39 is 10.0 Å². The fourth-order valence-corrected chi connectivity index (χ4v) is 5.66. The molecule has 174 valence electrons. The van der Waals surface area contributed by atoms with Crippen molar-refractivity contribution in [3.8, 4) is 17.0 Å². The Morgan fingerprint density at radius 3 is 2.48 bits per heavy atom. The van der Waals surface area contributed by atoms with Gasteiger partial charge in [-0.15, -0.1) is 0 Å². The second-order valence-electron chi connectivity index (χ2n) is 8.22. The van der Waals surface area contributed by atoms with Crippen molar-refractivity contribution in [3.05, 3.63) is 42.5 Å². The van der Waals surface area contributed by atoms with E-state index in [0.29, 0.717) is 37.5 Å². The van der Waals surface area contributed by atoms with Crippen molar-refractivity contribution in [1.29, 1.82) is 0 Å². The summed E-state index contributed by atoms with van der Waals surface area (Å²) in [5.74, 6) is 0.909. The van der Waals surface area contributed by atoms with Crippen molar-refractivity contribution < 1.29 is 17.9 Å². The number of fused-ring (bicyclic) bond motifs is 1. The number of nitrogen functional groups attached to an aromatic ring is 1. The van der Waals surface area contributed by atoms with E-state index in [-0.39, 0.29) is 16.9 Å². The molecule has 0 saturated carbocycles. The number of hydrogen-bond acceptors (Lipinski definition) is 8. The molecule has 0 radical (unpaired) electrons. The average molecular weight is 470 g/mol. The van der Waals surface area contributed by atoms with Gasteiger partial charge in [-0.1, -0.05) is 12.1 Å². The first-order chi connectivity index (χ1) is 16.0. The van der Waals surface area contributed by atoms with Crippen LogP contribution in [0.25, 0.3) is 22.2 Å². The van der Waals surface area contributed by atoms with Crippen LogP contribution in [0, 0.1) is 0 Å². The Labute approximate surface area is 193 Å². The zero-order chi connectivity index (χ0) is 22.8. The van der Waals surface area contributed by atoms with E-state index in [1.165, 1.54) is 4.31 Å². The van der Waals surface area contributed by atoms with Gasteiger partial charge in [0.25, 0.3) is 0 Å². The van der Waals surface area contributed by atoms with Crippen LogP contribution in [-0.4, -0.2) is 68.2 Å². The molecule has 0 unspecified atom stereocenters. The van der Waals surface area contributed by atoms with Crippen LogP contribution in [0.3, 0.4) is 0 Å². The van der Waals surface area contributed by atoms with E-state index in [1.807, 2.05) is 18.2 Å². The van der Waals surface area contributed by atoms with Crippen LogP contribution in [0.5, 0.6) is 5.75 Å². The SMILES string of the molecule is Nc1nc(-c2ccc(S(=O)(=O)N3CCOCC3)cc2)c2ccc(OC3CCNCC3)cc2n1. The van der Waals surface area contributed by atoms with Crippen molar-refractivity contribution in [2.45, 2.75) is 23.8 Å². The van der Waals surface area contributed by atoms with Gasteiger partial charge < -0.3 is 20.5 Å². The third-order valence-corrected chi connectivity index (χ3v) is 7.92. The highest BCUT2D eigenvalue weighted by molar-refractivity contribution is 7.89. The largest absolute Gasteiger partial charge is 0.490 e. The topological polar surface area (TPSA) is 120 Å². The Bertz CT molecular complexity index is 1240. The molecule has 2 aliphatic rings. The molecule has 33 heavy (non-hydrogen) atoms. The maximum absolute atomic E-state index is 12.9. The van der Waals surface area contributed by atoms with E-state index in [2.05, 4.69) is 15.3 Å². The lowest BCUT2D eigenvalue weighted by Gasteiger charge is -2.26. The van der Waals surface area contributed by atoms with Crippen LogP contribution in [-0.2, 0) is 14.8 Å². The normalized spacial score (nSPS) is 18.4. The summed E-state index contributed by atoms with van der Waals surface area (Å²) in [6.07, 6.45) is 2.12. The fraction of sp³-hybridized carbons (Fsp3) is 0.391. The first kappa shape index (κ1) is 22.0. The number of nitrogens with zero attached hydrogens (tertiary/aromatic N) is 3. The number of morpholine rings is 1. The molecule has 3 heterocycles. The average Bonchev–Trinajstić information content (AvgIpc) is 2.84. The molecule has 0 aliphatic carbocycles. The van der Waals surface area contributed by atoms with E-state index in [0.717, 1.165) is 42.6 Å². The maximum Gasteiger partial charge on any atom is 0.243 e. The molecular formula is C23H27N5O4S. The zero-order valence-corrected chi connectivity index (χ0v) is 19.1. The van der Waals surface area contributed by atoms with Gasteiger partial charge in [0.1, 0.15) is 11.9 Å². The minimum Gasteiger partial charge on any atom is -0.490 e. The zero-order valence-electron chi connectivity index (χ0n) is 18.2. The summed E-state index contributed by atoms with van der Waals surface area (Å²) in [6, 6.07) is 12.5. The highest BCUT2D eigenvalue weighted by atomic mass is 32.2. The van der Waals surface area contributed by atoms with Crippen molar-refractivity contribution in [2.24, 2.45) is 0 Å². The molecule has 0 atom stereocenters. The highest BCUT2D eigenvalue weighted by Gasteiger charge is 2.26. The molecule has 9 nitrogen and oxygen atoms in total. The summed E-state index contributed by atoms with van der Waals surface area (Å²) < 4.78 is 38.7. The van der Waals surface area contributed by atoms with E-state index >= 15 is 0 Å². The fourth-order valence-electron chi connectivity index (χ4n) is 4.25. The first-order valence-corrected chi connectivity index (χ1v) is 12.6. The van der Waals surface area contributed by atoms with Crippen LogP contribution in [0.15, 0.2) is 47.4 Å². The van der Waals surface area contributed by atoms with Gasteiger partial charge in [0.15, 0.2) is 0 Å². The molecule has 2 aromatic carbocycles. The standard InChI is InChI=1S/C23H27N5O4S/c24-23-26-21-15-18(32-17-7-9-25-10-8-17)3-6-20(21)22(27-23)16-1-4-19(5-2-16)33(29,30)28-11-13-31-14-12-28/h1-6,15,17,25H,7-14H2,(H2,24,26,27). The molecule has 2 saturated heterocycles. The molecule has 3 N–H and O–H groups in total. The predicted octanol–water partition coefficient (Wildman–Crippen LogP) is 2.03. The van der Waals surface area contributed by atoms with Crippen molar-refractivity contribution in [2.75, 3.05) is 45.1 Å². The first-order valence-electron chi connectivity index (χ1n) is 11.1. The molecule has 1 aromatic heterocycles. The molecule has 0 amide bonds. The number of rotatable bonds is 5. The molecule has 3 aromatic rings. The van der Waals surface area contributed by atoms with Crippen molar-refractivity contribution >= 4 is 26.9 Å². The Morgan fingerprint density at radius 1 is 1.03 bits per heavy atom. The Morgan fingerprint density at radius 2 is 1.76 bits per heavy atom. The van der Waals surface area contributed by atoms with Gasteiger partial charge in [-0.2, -0.15) is 4.31 Å². The van der Waals surface area contributed by atoms with E-state index in [9.17, 15) is 8.42 Å². The number of hydrogen-bond donors (Lipinski definition) is 2. The number of nitrogens with one attached hydrogen (secondary N) is 1. The molecule has 2 fully saturated rings. The molecule has 0 spiro atoms. The third kappa shape index (κ3) is 4.65. The summed E-state index contributed by atoms with van der Waals surface area (Å²) in [7, 11) is -3.56. The van der Waals surface area contributed by atoms with E-state index in [4.69, 9.17) is 15.2 Å². The van der Waals surface area contributed by atoms with Crippen LogP contribution in [0.2, 0.25) is 0 Å². The lowest BCUT2D eigenvalue weighted by Crippen LogP contribution is -2.40. The monoisotopic (exact) mass is 469 g/mol. The van der Waals surface area contributed by atoms with Gasteiger partial charge in [-0.05, 0) is 50.2 Å². The van der Waals surface area contributed by atoms with Crippen LogP contribution in [0.1, 0.15) is 12.8 Å². The van der Waals surface area contributed by atoms with Gasteiger partial charge in [0, 0.05) is 30.1 Å². The maximum atomic E-state index is 12.9. The number of ether oxygens (including phenoxy) is 2. The number of sulfonamides is 1. The Balaban J connectivity index is 1.44. The van der Waals surface area contributed by atoms with Gasteiger partial charge in [0.2, 0.25) is 16.0 Å². The summed E-state index contributed by atoms with van der Waals surface area (Å²) in [5, 5.41) is 4.16. The second kappa shape index (κ2) is 9.22. The van der Waals surface area contributed by atoms with Crippen molar-refractivity contribution in [1.82, 2.24) is 19.6 Å². The lowest BCUT2D eigenvalue weighted by atomic mass is 10.1. The number of anilines is 1. The molecule has 2 aliphatic heterocycles. The summed E-state index contributed by atoms with van der Waals surface area (Å²) in [6.45, 7) is 3.45. The summed E-state index contributed by atoms with van der Waals surface area (Å²) >= 11 is 0. The molecule has 10 heteroatoms. The van der Waals surface area contributed by atoms with Gasteiger partial charge in [0.05, 0.1) is 29.3 Å². The van der Waals surface area contributed by atoms with Gasteiger partial charge in [-0.3, -0.25) is 0 Å². The number of nitrogens with two attached hydrogens (primary N) is 1. The van der Waals surface area contributed by atoms with Gasteiger partial charge in [-0.25, -0.2) is 18.4 Å². The third-order valence-electron chi connectivity index (χ3n) is 6.01. The second-order valence-corrected chi connectivity index (χ2v) is 10.2. The van der Waals surface area contributed by atoms with E-state index in [1.54, 1.807) is 24.3 Å². The summed E-state index contributed by atoms with van der Waals surface area (Å²) in [5.41, 5.74) is 8.12. The highest BCUT2D eigenvalue weighted by Crippen LogP contribution is 2.31. The number of benzene rings is 2.